The number of hydrogen-bond donors (Lipinski definition) is 0. The van der Waals surface area contributed by atoms with Gasteiger partial charge in [0.15, 0.2) is 5.78 Å². The third-order valence-corrected chi connectivity index (χ3v) is 5.36. The van der Waals surface area contributed by atoms with Crippen LogP contribution in [-0.2, 0) is 6.61 Å². The van der Waals surface area contributed by atoms with Crippen molar-refractivity contribution in [2.75, 3.05) is 0 Å². The summed E-state index contributed by atoms with van der Waals surface area (Å²) in [6, 6.07) is 25.9. The Bertz CT molecular complexity index is 1210. The number of allylic oxidation sites excluding steroid dienone is 1. The maximum atomic E-state index is 12.5. The molecule has 0 bridgehead atoms. The van der Waals surface area contributed by atoms with Gasteiger partial charge in [-0.2, -0.15) is 0 Å². The van der Waals surface area contributed by atoms with Gasteiger partial charge in [-0.3, -0.25) is 4.79 Å². The van der Waals surface area contributed by atoms with Crippen molar-refractivity contribution in [2.45, 2.75) is 6.61 Å². The first kappa shape index (κ1) is 21.0. The average molecular weight is 449 g/mol. The quantitative estimate of drug-likeness (QED) is 0.214. The van der Waals surface area contributed by atoms with E-state index in [0.29, 0.717) is 39.5 Å². The van der Waals surface area contributed by atoms with Crippen molar-refractivity contribution in [1.82, 2.24) is 0 Å². The largest absolute Gasteiger partial charge is 0.489 e. The van der Waals surface area contributed by atoms with Gasteiger partial charge < -0.3 is 9.15 Å². The number of ether oxygens (including phenoxy) is 1. The standard InChI is InChI=1S/C26H18Cl2O3/c27-23-13-8-20(16-24(23)28)26-15-12-22(31-26)11-14-25(29)19-6-9-21(10-7-19)30-17-18-4-2-1-3-5-18/h1-16H,17H2. The fraction of sp³-hybridized carbons (Fsp3) is 0.0385. The van der Waals surface area contributed by atoms with E-state index in [9.17, 15) is 4.79 Å². The summed E-state index contributed by atoms with van der Waals surface area (Å²) in [5.41, 5.74) is 2.47. The summed E-state index contributed by atoms with van der Waals surface area (Å²) in [7, 11) is 0. The highest BCUT2D eigenvalue weighted by atomic mass is 35.5. The lowest BCUT2D eigenvalue weighted by atomic mass is 10.1. The number of carbonyl (C=O) groups excluding carboxylic acids is 1. The lowest BCUT2D eigenvalue weighted by Crippen LogP contribution is -1.97. The molecule has 0 aliphatic heterocycles. The predicted octanol–water partition coefficient (Wildman–Crippen LogP) is 7.73. The molecule has 0 saturated carbocycles. The van der Waals surface area contributed by atoms with Crippen LogP contribution < -0.4 is 4.74 Å². The smallest absolute Gasteiger partial charge is 0.185 e. The van der Waals surface area contributed by atoms with Gasteiger partial charge >= 0.3 is 0 Å². The van der Waals surface area contributed by atoms with Crippen molar-refractivity contribution < 1.29 is 13.9 Å². The Labute approximate surface area is 190 Å². The maximum absolute atomic E-state index is 12.5. The molecule has 0 unspecified atom stereocenters. The number of benzene rings is 3. The minimum atomic E-state index is -0.123. The van der Waals surface area contributed by atoms with Gasteiger partial charge in [0.1, 0.15) is 23.9 Å². The topological polar surface area (TPSA) is 39.4 Å². The van der Waals surface area contributed by atoms with Gasteiger partial charge in [-0.25, -0.2) is 0 Å². The number of ketones is 1. The minimum absolute atomic E-state index is 0.123. The minimum Gasteiger partial charge on any atom is -0.489 e. The highest BCUT2D eigenvalue weighted by Gasteiger charge is 2.07. The van der Waals surface area contributed by atoms with Gasteiger partial charge in [0.25, 0.3) is 0 Å². The number of carbonyl (C=O) groups is 1. The summed E-state index contributed by atoms with van der Waals surface area (Å²) < 4.78 is 11.5. The van der Waals surface area contributed by atoms with Gasteiger partial charge in [-0.05, 0) is 72.3 Å². The van der Waals surface area contributed by atoms with E-state index in [1.54, 1.807) is 48.5 Å². The molecule has 3 aromatic carbocycles. The molecule has 0 spiro atoms. The first-order chi connectivity index (χ1) is 15.1. The van der Waals surface area contributed by atoms with Crippen LogP contribution in [0.5, 0.6) is 5.75 Å². The van der Waals surface area contributed by atoms with Crippen molar-refractivity contribution in [3.05, 3.63) is 118 Å². The number of hydrogen-bond acceptors (Lipinski definition) is 3. The van der Waals surface area contributed by atoms with E-state index in [0.717, 1.165) is 11.1 Å². The lowest BCUT2D eigenvalue weighted by Gasteiger charge is -2.06. The van der Waals surface area contributed by atoms with E-state index in [1.807, 2.05) is 42.5 Å². The first-order valence-electron chi connectivity index (χ1n) is 9.63. The maximum Gasteiger partial charge on any atom is 0.185 e. The molecule has 154 valence electrons. The van der Waals surface area contributed by atoms with Crippen molar-refractivity contribution in [1.29, 1.82) is 0 Å². The molecule has 0 aliphatic rings. The molecule has 0 fully saturated rings. The molecule has 0 N–H and O–H groups in total. The SMILES string of the molecule is O=C(C=Cc1ccc(-c2ccc(Cl)c(Cl)c2)o1)c1ccc(OCc2ccccc2)cc1. The van der Waals surface area contributed by atoms with E-state index in [2.05, 4.69) is 0 Å². The Morgan fingerprint density at radius 2 is 1.65 bits per heavy atom. The van der Waals surface area contributed by atoms with Crippen molar-refractivity contribution in [2.24, 2.45) is 0 Å². The van der Waals surface area contributed by atoms with Crippen LogP contribution in [0.25, 0.3) is 17.4 Å². The van der Waals surface area contributed by atoms with Gasteiger partial charge in [0.2, 0.25) is 0 Å². The highest BCUT2D eigenvalue weighted by Crippen LogP contribution is 2.29. The molecule has 4 aromatic rings. The van der Waals surface area contributed by atoms with Crippen LogP contribution in [0, 0.1) is 0 Å². The highest BCUT2D eigenvalue weighted by molar-refractivity contribution is 6.42. The normalized spacial score (nSPS) is 11.0. The molecule has 0 aliphatic carbocycles. The second-order valence-electron chi connectivity index (χ2n) is 6.83. The molecule has 3 nitrogen and oxygen atoms in total. The zero-order chi connectivity index (χ0) is 21.6. The van der Waals surface area contributed by atoms with E-state index in [-0.39, 0.29) is 5.78 Å². The third kappa shape index (κ3) is 5.46. The van der Waals surface area contributed by atoms with Crippen LogP contribution in [0.2, 0.25) is 10.0 Å². The Morgan fingerprint density at radius 3 is 2.39 bits per heavy atom. The number of furan rings is 1. The molecule has 1 aromatic heterocycles. The Balaban J connectivity index is 1.37. The van der Waals surface area contributed by atoms with Gasteiger partial charge in [-0.1, -0.05) is 53.5 Å². The molecule has 0 amide bonds. The average Bonchev–Trinajstić information content (AvgIpc) is 3.28. The molecule has 1 heterocycles. The van der Waals surface area contributed by atoms with Gasteiger partial charge in [-0.15, -0.1) is 0 Å². The van der Waals surface area contributed by atoms with E-state index in [4.69, 9.17) is 32.4 Å². The van der Waals surface area contributed by atoms with Crippen LogP contribution in [-0.4, -0.2) is 5.78 Å². The molecule has 0 saturated heterocycles. The van der Waals surface area contributed by atoms with Crippen LogP contribution in [0.1, 0.15) is 21.7 Å². The van der Waals surface area contributed by atoms with E-state index >= 15 is 0 Å². The Hall–Kier alpha value is -3.27. The molecule has 4 rings (SSSR count). The molecule has 0 radical (unpaired) electrons. The summed E-state index contributed by atoms with van der Waals surface area (Å²) >= 11 is 12.0. The molecule has 31 heavy (non-hydrogen) atoms. The zero-order valence-electron chi connectivity index (χ0n) is 16.4. The molecular weight excluding hydrogens is 431 g/mol. The number of rotatable bonds is 7. The Kier molecular flexibility index (Phi) is 6.56. The second kappa shape index (κ2) is 9.69. The summed E-state index contributed by atoms with van der Waals surface area (Å²) in [5.74, 6) is 1.80. The summed E-state index contributed by atoms with van der Waals surface area (Å²) in [4.78, 5) is 12.5. The summed E-state index contributed by atoms with van der Waals surface area (Å²) in [6.45, 7) is 0.480. The Morgan fingerprint density at radius 1 is 0.871 bits per heavy atom. The van der Waals surface area contributed by atoms with E-state index in [1.165, 1.54) is 6.08 Å². The molecule has 0 atom stereocenters. The third-order valence-electron chi connectivity index (χ3n) is 4.62. The van der Waals surface area contributed by atoms with Crippen LogP contribution in [0.4, 0.5) is 0 Å². The van der Waals surface area contributed by atoms with Crippen LogP contribution >= 0.6 is 23.2 Å². The van der Waals surface area contributed by atoms with Crippen LogP contribution in [0.3, 0.4) is 0 Å². The fourth-order valence-electron chi connectivity index (χ4n) is 2.96. The van der Waals surface area contributed by atoms with Crippen LogP contribution in [0.15, 0.2) is 95.4 Å². The van der Waals surface area contributed by atoms with Gasteiger partial charge in [0, 0.05) is 11.1 Å². The van der Waals surface area contributed by atoms with Crippen molar-refractivity contribution in [3.63, 3.8) is 0 Å². The summed E-state index contributed by atoms with van der Waals surface area (Å²) in [6.07, 6.45) is 3.13. The molecule has 5 heteroatoms. The second-order valence-corrected chi connectivity index (χ2v) is 7.64. The fourth-order valence-corrected chi connectivity index (χ4v) is 3.26. The van der Waals surface area contributed by atoms with Gasteiger partial charge in [0.05, 0.1) is 10.0 Å². The lowest BCUT2D eigenvalue weighted by molar-refractivity contribution is 0.104. The zero-order valence-corrected chi connectivity index (χ0v) is 17.9. The monoisotopic (exact) mass is 448 g/mol. The first-order valence-corrected chi connectivity index (χ1v) is 10.4. The number of halogens is 2. The summed E-state index contributed by atoms with van der Waals surface area (Å²) in [5, 5.41) is 0.943. The predicted molar refractivity (Wildman–Crippen MR) is 125 cm³/mol. The van der Waals surface area contributed by atoms with Crippen molar-refractivity contribution >= 4 is 35.1 Å². The van der Waals surface area contributed by atoms with Crippen molar-refractivity contribution in [3.8, 4) is 17.1 Å². The van der Waals surface area contributed by atoms with E-state index < -0.39 is 0 Å². The molecular formula is C26H18Cl2O3.